The first kappa shape index (κ1) is 14.5. The number of nitrogens with two attached hydrogens (primary N) is 1. The van der Waals surface area contributed by atoms with Gasteiger partial charge in [0.25, 0.3) is 0 Å². The molecule has 1 aromatic rings. The summed E-state index contributed by atoms with van der Waals surface area (Å²) in [6.07, 6.45) is 0.246. The van der Waals surface area contributed by atoms with Gasteiger partial charge < -0.3 is 16.2 Å². The maximum atomic E-state index is 9.81. The van der Waals surface area contributed by atoms with Crippen LogP contribution in [0.3, 0.4) is 0 Å². The third kappa shape index (κ3) is 6.25. The molecule has 1 atom stereocenters. The van der Waals surface area contributed by atoms with E-state index in [0.29, 0.717) is 18.9 Å². The molecule has 0 radical (unpaired) electrons. The molecule has 0 aromatic heterocycles. The van der Waals surface area contributed by atoms with Gasteiger partial charge in [-0.25, -0.2) is 0 Å². The normalized spacial score (nSPS) is 14.3. The second-order valence-electron chi connectivity index (χ2n) is 5.64. The monoisotopic (exact) mass is 249 g/mol. The number of aliphatic imine (C=N–C) groups is 1. The van der Waals surface area contributed by atoms with Crippen LogP contribution in [0.15, 0.2) is 35.3 Å². The maximum Gasteiger partial charge on any atom is 0.193 e. The lowest BCUT2D eigenvalue weighted by atomic mass is 9.89. The molecule has 0 aliphatic heterocycles. The molecule has 1 aromatic carbocycles. The van der Waals surface area contributed by atoms with Crippen LogP contribution in [0.2, 0.25) is 0 Å². The largest absolute Gasteiger partial charge is 0.391 e. The fourth-order valence-corrected chi connectivity index (χ4v) is 1.68. The van der Waals surface area contributed by atoms with E-state index in [-0.39, 0.29) is 5.41 Å². The summed E-state index contributed by atoms with van der Waals surface area (Å²) >= 11 is 0. The molecule has 1 rings (SSSR count). The summed E-state index contributed by atoms with van der Waals surface area (Å²) in [6, 6.07) is 9.60. The Bertz CT molecular complexity index is 382. The van der Waals surface area contributed by atoms with Crippen LogP contribution in [0.1, 0.15) is 27.2 Å². The minimum atomic E-state index is -0.457. The van der Waals surface area contributed by atoms with Gasteiger partial charge in [-0.15, -0.1) is 0 Å². The van der Waals surface area contributed by atoms with Gasteiger partial charge in [-0.05, 0) is 24.0 Å². The molecule has 4 nitrogen and oxygen atoms in total. The van der Waals surface area contributed by atoms with E-state index in [1.54, 1.807) is 0 Å². The number of hydrogen-bond acceptors (Lipinski definition) is 2. The van der Waals surface area contributed by atoms with Crippen molar-refractivity contribution in [1.29, 1.82) is 0 Å². The zero-order chi connectivity index (χ0) is 13.6. The molecule has 0 spiro atoms. The first-order chi connectivity index (χ1) is 8.37. The van der Waals surface area contributed by atoms with E-state index in [1.807, 2.05) is 30.3 Å². The molecule has 4 N–H and O–H groups in total. The molecule has 0 amide bonds. The second kappa shape index (κ2) is 6.40. The average molecular weight is 249 g/mol. The summed E-state index contributed by atoms with van der Waals surface area (Å²) < 4.78 is 0. The van der Waals surface area contributed by atoms with Crippen molar-refractivity contribution in [2.45, 2.75) is 33.3 Å². The lowest BCUT2D eigenvalue weighted by Crippen LogP contribution is -2.26. The standard InChI is InChI=1S/C14H23N3O/c1-14(2,3)9-12(18)10-16-13(15)17-11-7-5-4-6-8-11/h4-8,12,18H,9-10H2,1-3H3,(H3,15,16,17). The maximum absolute atomic E-state index is 9.81. The minimum Gasteiger partial charge on any atom is -0.391 e. The van der Waals surface area contributed by atoms with Crippen LogP contribution >= 0.6 is 0 Å². The number of aliphatic hydroxyl groups excluding tert-OH is 1. The van der Waals surface area contributed by atoms with Gasteiger partial charge in [-0.1, -0.05) is 39.0 Å². The first-order valence-electron chi connectivity index (χ1n) is 6.17. The van der Waals surface area contributed by atoms with E-state index < -0.39 is 6.10 Å². The summed E-state index contributed by atoms with van der Waals surface area (Å²) in [5.74, 6) is 0.328. The van der Waals surface area contributed by atoms with Crippen molar-refractivity contribution in [1.82, 2.24) is 0 Å². The predicted molar refractivity (Wildman–Crippen MR) is 76.6 cm³/mol. The van der Waals surface area contributed by atoms with Gasteiger partial charge in [-0.3, -0.25) is 4.99 Å². The third-order valence-corrected chi connectivity index (χ3v) is 2.37. The van der Waals surface area contributed by atoms with E-state index in [9.17, 15) is 5.11 Å². The lowest BCUT2D eigenvalue weighted by Gasteiger charge is -2.21. The Balaban J connectivity index is 2.43. The molecule has 0 saturated heterocycles. The van der Waals surface area contributed by atoms with Crippen LogP contribution in [0.4, 0.5) is 5.69 Å². The number of benzene rings is 1. The molecular formula is C14H23N3O. The highest BCUT2D eigenvalue weighted by Crippen LogP contribution is 2.20. The van der Waals surface area contributed by atoms with Crippen molar-refractivity contribution in [2.24, 2.45) is 16.1 Å². The number of nitrogens with zero attached hydrogens (tertiary/aromatic N) is 1. The van der Waals surface area contributed by atoms with E-state index in [1.165, 1.54) is 0 Å². The van der Waals surface area contributed by atoms with Crippen molar-refractivity contribution in [3.63, 3.8) is 0 Å². The van der Waals surface area contributed by atoms with E-state index in [2.05, 4.69) is 31.1 Å². The van der Waals surface area contributed by atoms with Crippen molar-refractivity contribution in [3.8, 4) is 0 Å². The number of anilines is 1. The van der Waals surface area contributed by atoms with Crippen molar-refractivity contribution < 1.29 is 5.11 Å². The van der Waals surface area contributed by atoms with E-state index in [0.717, 1.165) is 5.69 Å². The smallest absolute Gasteiger partial charge is 0.193 e. The van der Waals surface area contributed by atoms with Gasteiger partial charge in [0.15, 0.2) is 5.96 Å². The van der Waals surface area contributed by atoms with Gasteiger partial charge in [-0.2, -0.15) is 0 Å². The third-order valence-electron chi connectivity index (χ3n) is 2.37. The van der Waals surface area contributed by atoms with Crippen LogP contribution in [-0.4, -0.2) is 23.7 Å². The highest BCUT2D eigenvalue weighted by atomic mass is 16.3. The number of aliphatic hydroxyl groups is 1. The molecule has 0 aliphatic carbocycles. The Hall–Kier alpha value is -1.55. The van der Waals surface area contributed by atoms with Crippen LogP contribution in [0.25, 0.3) is 0 Å². The highest BCUT2D eigenvalue weighted by Gasteiger charge is 2.16. The predicted octanol–water partition coefficient (Wildman–Crippen LogP) is 2.21. The Morgan fingerprint density at radius 3 is 2.50 bits per heavy atom. The summed E-state index contributed by atoms with van der Waals surface area (Å²) in [5, 5.41) is 12.8. The van der Waals surface area contributed by atoms with Crippen LogP contribution in [0.5, 0.6) is 0 Å². The number of hydrogen-bond donors (Lipinski definition) is 3. The zero-order valence-electron chi connectivity index (χ0n) is 11.4. The van der Waals surface area contributed by atoms with Gasteiger partial charge in [0.2, 0.25) is 0 Å². The Kier molecular flexibility index (Phi) is 5.16. The lowest BCUT2D eigenvalue weighted by molar-refractivity contribution is 0.129. The fourth-order valence-electron chi connectivity index (χ4n) is 1.68. The number of rotatable bonds is 4. The van der Waals surface area contributed by atoms with Crippen molar-refractivity contribution in [3.05, 3.63) is 30.3 Å². The fraction of sp³-hybridized carbons (Fsp3) is 0.500. The van der Waals surface area contributed by atoms with Crippen LogP contribution in [0, 0.1) is 5.41 Å². The second-order valence-corrected chi connectivity index (χ2v) is 5.64. The summed E-state index contributed by atoms with van der Waals surface area (Å²) in [5.41, 5.74) is 6.73. The van der Waals surface area contributed by atoms with Crippen molar-refractivity contribution >= 4 is 11.6 Å². The molecule has 0 saturated carbocycles. The summed E-state index contributed by atoms with van der Waals surface area (Å²) in [4.78, 5) is 4.14. The molecule has 100 valence electrons. The molecule has 18 heavy (non-hydrogen) atoms. The van der Waals surface area contributed by atoms with Gasteiger partial charge in [0.05, 0.1) is 12.6 Å². The molecule has 4 heteroatoms. The van der Waals surface area contributed by atoms with E-state index >= 15 is 0 Å². The minimum absolute atomic E-state index is 0.0938. The van der Waals surface area contributed by atoms with Crippen LogP contribution in [-0.2, 0) is 0 Å². The molecule has 0 aliphatic rings. The quantitative estimate of drug-likeness (QED) is 0.566. The molecule has 0 bridgehead atoms. The molecule has 1 unspecified atom stereocenters. The summed E-state index contributed by atoms with van der Waals surface area (Å²) in [7, 11) is 0. The number of nitrogens with one attached hydrogen (secondary N) is 1. The first-order valence-corrected chi connectivity index (χ1v) is 6.17. The van der Waals surface area contributed by atoms with E-state index in [4.69, 9.17) is 5.73 Å². The molecular weight excluding hydrogens is 226 g/mol. The number of guanidine groups is 1. The van der Waals surface area contributed by atoms with Gasteiger partial charge in [0.1, 0.15) is 0 Å². The Morgan fingerprint density at radius 1 is 1.33 bits per heavy atom. The average Bonchev–Trinajstić information content (AvgIpc) is 2.25. The summed E-state index contributed by atoms with van der Waals surface area (Å²) in [6.45, 7) is 6.59. The SMILES string of the molecule is CC(C)(C)CC(O)CN=C(N)Nc1ccccc1. The van der Waals surface area contributed by atoms with Crippen LogP contribution < -0.4 is 11.1 Å². The Morgan fingerprint density at radius 2 is 1.94 bits per heavy atom. The van der Waals surface area contributed by atoms with Crippen molar-refractivity contribution in [2.75, 3.05) is 11.9 Å². The topological polar surface area (TPSA) is 70.6 Å². The Labute approximate surface area is 109 Å². The van der Waals surface area contributed by atoms with Gasteiger partial charge >= 0.3 is 0 Å². The molecule has 0 heterocycles. The number of para-hydroxylation sites is 1. The highest BCUT2D eigenvalue weighted by molar-refractivity contribution is 5.92. The van der Waals surface area contributed by atoms with Gasteiger partial charge in [0, 0.05) is 5.69 Å². The zero-order valence-corrected chi connectivity index (χ0v) is 11.4. The molecule has 0 fully saturated rings.